The van der Waals surface area contributed by atoms with E-state index in [2.05, 4.69) is 12.6 Å². The summed E-state index contributed by atoms with van der Waals surface area (Å²) in [6.45, 7) is 1.97. The molecule has 66 valence electrons. The molecule has 0 saturated heterocycles. The van der Waals surface area contributed by atoms with Gasteiger partial charge in [0.15, 0.2) is 11.5 Å². The average molecular weight is 184 g/mol. The first-order chi connectivity index (χ1) is 5.65. The first-order valence-electron chi connectivity index (χ1n) is 3.70. The minimum atomic E-state index is 0.152. The zero-order valence-corrected chi connectivity index (χ0v) is 8.01. The Balaban J connectivity index is 3.05. The molecular formula is C9H12O2S. The number of hydrogen-bond donors (Lipinski definition) is 2. The average Bonchev–Trinajstić information content (AvgIpc) is 2.05. The molecule has 0 spiro atoms. The fourth-order valence-electron chi connectivity index (χ4n) is 0.954. The maximum absolute atomic E-state index is 9.27. The maximum atomic E-state index is 9.27. The summed E-state index contributed by atoms with van der Waals surface area (Å²) in [6, 6.07) is 5.23. The molecule has 0 heterocycles. The van der Waals surface area contributed by atoms with E-state index in [1.54, 1.807) is 12.1 Å². The summed E-state index contributed by atoms with van der Waals surface area (Å²) in [5.74, 6) is 0.656. The smallest absolute Gasteiger partial charge is 0.160 e. The van der Waals surface area contributed by atoms with E-state index < -0.39 is 0 Å². The van der Waals surface area contributed by atoms with Crippen LogP contribution in [0.2, 0.25) is 0 Å². The number of thiol groups is 1. The largest absolute Gasteiger partial charge is 0.504 e. The van der Waals surface area contributed by atoms with Gasteiger partial charge in [-0.2, -0.15) is 12.6 Å². The molecule has 0 aliphatic carbocycles. The molecule has 0 saturated carbocycles. The van der Waals surface area contributed by atoms with Gasteiger partial charge in [-0.25, -0.2) is 0 Å². The van der Waals surface area contributed by atoms with Gasteiger partial charge in [-0.15, -0.1) is 0 Å². The molecule has 2 nitrogen and oxygen atoms in total. The monoisotopic (exact) mass is 184 g/mol. The van der Waals surface area contributed by atoms with Crippen molar-refractivity contribution in [2.24, 2.45) is 0 Å². The highest BCUT2D eigenvalue weighted by molar-refractivity contribution is 7.80. The lowest BCUT2D eigenvalue weighted by molar-refractivity contribution is 0.373. The number of benzene rings is 1. The van der Waals surface area contributed by atoms with E-state index in [1.807, 2.05) is 13.0 Å². The molecule has 0 radical (unpaired) electrons. The van der Waals surface area contributed by atoms with E-state index in [1.165, 1.54) is 7.11 Å². The first kappa shape index (κ1) is 9.26. The second-order valence-electron chi connectivity index (χ2n) is 2.61. The molecule has 0 amide bonds. The minimum absolute atomic E-state index is 0.152. The predicted molar refractivity (Wildman–Crippen MR) is 52.1 cm³/mol. The second-order valence-corrected chi connectivity index (χ2v) is 3.38. The highest BCUT2D eigenvalue weighted by Gasteiger charge is 2.04. The van der Waals surface area contributed by atoms with Crippen molar-refractivity contribution in [3.63, 3.8) is 0 Å². The fourth-order valence-corrected chi connectivity index (χ4v) is 1.11. The Labute approximate surface area is 77.6 Å². The Morgan fingerprint density at radius 1 is 1.50 bits per heavy atom. The van der Waals surface area contributed by atoms with Gasteiger partial charge >= 0.3 is 0 Å². The van der Waals surface area contributed by atoms with Crippen LogP contribution in [0.15, 0.2) is 18.2 Å². The van der Waals surface area contributed by atoms with Crippen LogP contribution in [-0.4, -0.2) is 12.2 Å². The SMILES string of the molecule is COc1cc(C(C)S)ccc1O. The lowest BCUT2D eigenvalue weighted by Gasteiger charge is -2.08. The lowest BCUT2D eigenvalue weighted by Crippen LogP contribution is -1.88. The van der Waals surface area contributed by atoms with Gasteiger partial charge < -0.3 is 9.84 Å². The number of aromatic hydroxyl groups is 1. The van der Waals surface area contributed by atoms with Crippen molar-refractivity contribution in [1.29, 1.82) is 0 Å². The van der Waals surface area contributed by atoms with Gasteiger partial charge in [0.05, 0.1) is 7.11 Å². The van der Waals surface area contributed by atoms with Gasteiger partial charge in [-0.1, -0.05) is 6.07 Å². The molecular weight excluding hydrogens is 172 g/mol. The van der Waals surface area contributed by atoms with Crippen molar-refractivity contribution >= 4 is 12.6 Å². The number of phenolic OH excluding ortho intramolecular Hbond substituents is 1. The Bertz CT molecular complexity index is 271. The molecule has 1 unspecified atom stereocenters. The Hall–Kier alpha value is -0.830. The summed E-state index contributed by atoms with van der Waals surface area (Å²) in [7, 11) is 1.53. The number of rotatable bonds is 2. The molecule has 1 atom stereocenters. The number of ether oxygens (including phenoxy) is 1. The Morgan fingerprint density at radius 3 is 2.67 bits per heavy atom. The van der Waals surface area contributed by atoms with Gasteiger partial charge in [0.1, 0.15) is 0 Å². The van der Waals surface area contributed by atoms with Crippen molar-refractivity contribution < 1.29 is 9.84 Å². The third kappa shape index (κ3) is 1.85. The zero-order chi connectivity index (χ0) is 9.14. The number of hydrogen-bond acceptors (Lipinski definition) is 3. The molecule has 1 aromatic rings. The molecule has 1 aromatic carbocycles. The molecule has 0 bridgehead atoms. The van der Waals surface area contributed by atoms with E-state index in [9.17, 15) is 5.11 Å². The summed E-state index contributed by atoms with van der Waals surface area (Å²) < 4.78 is 4.95. The van der Waals surface area contributed by atoms with Crippen LogP contribution in [0.5, 0.6) is 11.5 Å². The molecule has 0 fully saturated rings. The van der Waals surface area contributed by atoms with Crippen molar-refractivity contribution in [1.82, 2.24) is 0 Å². The first-order valence-corrected chi connectivity index (χ1v) is 4.21. The van der Waals surface area contributed by atoms with E-state index in [4.69, 9.17) is 4.74 Å². The number of phenols is 1. The van der Waals surface area contributed by atoms with Gasteiger partial charge in [0.25, 0.3) is 0 Å². The van der Waals surface area contributed by atoms with Gasteiger partial charge in [0.2, 0.25) is 0 Å². The van der Waals surface area contributed by atoms with Crippen molar-refractivity contribution in [3.05, 3.63) is 23.8 Å². The highest BCUT2D eigenvalue weighted by Crippen LogP contribution is 2.30. The third-order valence-corrected chi connectivity index (χ3v) is 1.98. The van der Waals surface area contributed by atoms with Gasteiger partial charge in [-0.05, 0) is 24.6 Å². The summed E-state index contributed by atoms with van der Waals surface area (Å²) >= 11 is 4.27. The molecule has 0 aliphatic rings. The highest BCUT2D eigenvalue weighted by atomic mass is 32.1. The van der Waals surface area contributed by atoms with Crippen LogP contribution in [0.3, 0.4) is 0 Å². The van der Waals surface area contributed by atoms with Gasteiger partial charge in [-0.3, -0.25) is 0 Å². The topological polar surface area (TPSA) is 29.5 Å². The molecule has 0 aromatic heterocycles. The van der Waals surface area contributed by atoms with Crippen LogP contribution in [0.4, 0.5) is 0 Å². The van der Waals surface area contributed by atoms with Crippen LogP contribution in [0.25, 0.3) is 0 Å². The normalized spacial score (nSPS) is 12.6. The van der Waals surface area contributed by atoms with E-state index >= 15 is 0 Å². The minimum Gasteiger partial charge on any atom is -0.504 e. The Morgan fingerprint density at radius 2 is 2.17 bits per heavy atom. The zero-order valence-electron chi connectivity index (χ0n) is 7.11. The second kappa shape index (κ2) is 3.72. The Kier molecular flexibility index (Phi) is 2.87. The lowest BCUT2D eigenvalue weighted by atomic mass is 10.1. The van der Waals surface area contributed by atoms with Crippen LogP contribution >= 0.6 is 12.6 Å². The molecule has 1 rings (SSSR count). The van der Waals surface area contributed by atoms with Gasteiger partial charge in [0, 0.05) is 5.25 Å². The molecule has 12 heavy (non-hydrogen) atoms. The van der Waals surface area contributed by atoms with Crippen molar-refractivity contribution in [2.45, 2.75) is 12.2 Å². The van der Waals surface area contributed by atoms with E-state index in [-0.39, 0.29) is 11.0 Å². The third-order valence-electron chi connectivity index (χ3n) is 1.69. The fraction of sp³-hybridized carbons (Fsp3) is 0.333. The summed E-state index contributed by atoms with van der Waals surface area (Å²) in [6.07, 6.45) is 0. The predicted octanol–water partition coefficient (Wildman–Crippen LogP) is 2.39. The molecule has 1 N–H and O–H groups in total. The molecule has 3 heteroatoms. The molecule has 0 aliphatic heterocycles. The van der Waals surface area contributed by atoms with Crippen LogP contribution in [0.1, 0.15) is 17.7 Å². The van der Waals surface area contributed by atoms with Crippen LogP contribution in [-0.2, 0) is 0 Å². The van der Waals surface area contributed by atoms with Crippen LogP contribution in [0, 0.1) is 0 Å². The van der Waals surface area contributed by atoms with Crippen molar-refractivity contribution in [3.8, 4) is 11.5 Å². The summed E-state index contributed by atoms with van der Waals surface area (Å²) in [4.78, 5) is 0. The van der Waals surface area contributed by atoms with Crippen LogP contribution < -0.4 is 4.74 Å². The summed E-state index contributed by atoms with van der Waals surface area (Å²) in [5.41, 5.74) is 1.04. The number of methoxy groups -OCH3 is 1. The maximum Gasteiger partial charge on any atom is 0.160 e. The van der Waals surface area contributed by atoms with E-state index in [0.717, 1.165) is 5.56 Å². The summed E-state index contributed by atoms with van der Waals surface area (Å²) in [5, 5.41) is 9.42. The standard InChI is InChI=1S/C9H12O2S/c1-6(12)7-3-4-8(10)9(5-7)11-2/h3-6,10,12H,1-2H3. The van der Waals surface area contributed by atoms with Crippen molar-refractivity contribution in [2.75, 3.05) is 7.11 Å². The van der Waals surface area contributed by atoms with E-state index in [0.29, 0.717) is 5.75 Å². The quantitative estimate of drug-likeness (QED) is 0.691.